The van der Waals surface area contributed by atoms with Crippen molar-refractivity contribution in [3.05, 3.63) is 17.0 Å². The van der Waals surface area contributed by atoms with Crippen LogP contribution in [-0.4, -0.2) is 29.1 Å². The highest BCUT2D eigenvalue weighted by Crippen LogP contribution is 2.16. The predicted molar refractivity (Wildman–Crippen MR) is 57.9 cm³/mol. The van der Waals surface area contributed by atoms with Gasteiger partial charge in [0.15, 0.2) is 0 Å². The molecule has 1 rings (SSSR count). The zero-order valence-electron chi connectivity index (χ0n) is 9.83. The van der Waals surface area contributed by atoms with Gasteiger partial charge in [-0.25, -0.2) is 0 Å². The molecule has 0 N–H and O–H groups in total. The lowest BCUT2D eigenvalue weighted by Gasteiger charge is -2.18. The standard InChI is InChI=1S/C11H18N2O2/c1-5-9-10(8(4)15-12-9)11(14)13(6-2)7-3/h5-7H2,1-4H3. The Hall–Kier alpha value is -1.32. The Balaban J connectivity index is 3.03. The SMILES string of the molecule is CCc1noc(C)c1C(=O)N(CC)CC. The van der Waals surface area contributed by atoms with Crippen LogP contribution in [0.25, 0.3) is 0 Å². The fourth-order valence-corrected chi connectivity index (χ4v) is 1.60. The molecule has 0 fully saturated rings. The highest BCUT2D eigenvalue weighted by Gasteiger charge is 2.22. The normalized spacial score (nSPS) is 10.4. The third-order valence-electron chi connectivity index (χ3n) is 2.53. The van der Waals surface area contributed by atoms with Crippen LogP contribution in [0.1, 0.15) is 42.6 Å². The number of nitrogens with zero attached hydrogens (tertiary/aromatic N) is 2. The number of carbonyl (C=O) groups is 1. The van der Waals surface area contributed by atoms with Gasteiger partial charge < -0.3 is 9.42 Å². The van der Waals surface area contributed by atoms with Crippen molar-refractivity contribution in [2.45, 2.75) is 34.1 Å². The fourth-order valence-electron chi connectivity index (χ4n) is 1.60. The van der Waals surface area contributed by atoms with E-state index in [2.05, 4.69) is 5.16 Å². The molecule has 1 amide bonds. The van der Waals surface area contributed by atoms with Crippen LogP contribution in [0.15, 0.2) is 4.52 Å². The highest BCUT2D eigenvalue weighted by atomic mass is 16.5. The molecule has 4 nitrogen and oxygen atoms in total. The van der Waals surface area contributed by atoms with Crippen molar-refractivity contribution in [1.29, 1.82) is 0 Å². The summed E-state index contributed by atoms with van der Waals surface area (Å²) in [6, 6.07) is 0. The maximum Gasteiger partial charge on any atom is 0.259 e. The number of carbonyl (C=O) groups excluding carboxylic acids is 1. The summed E-state index contributed by atoms with van der Waals surface area (Å²) in [4.78, 5) is 13.9. The van der Waals surface area contributed by atoms with E-state index < -0.39 is 0 Å². The van der Waals surface area contributed by atoms with Crippen molar-refractivity contribution < 1.29 is 9.32 Å². The Morgan fingerprint density at radius 2 is 1.93 bits per heavy atom. The van der Waals surface area contributed by atoms with Gasteiger partial charge in [-0.15, -0.1) is 0 Å². The molecular formula is C11H18N2O2. The largest absolute Gasteiger partial charge is 0.361 e. The summed E-state index contributed by atoms with van der Waals surface area (Å²) in [6.45, 7) is 9.11. The Labute approximate surface area is 90.2 Å². The summed E-state index contributed by atoms with van der Waals surface area (Å²) in [6.07, 6.45) is 0.722. The van der Waals surface area contributed by atoms with E-state index in [-0.39, 0.29) is 5.91 Å². The average molecular weight is 210 g/mol. The Bertz CT molecular complexity index is 340. The molecule has 0 atom stereocenters. The van der Waals surface area contributed by atoms with Gasteiger partial charge in [0.1, 0.15) is 11.3 Å². The third kappa shape index (κ3) is 2.19. The van der Waals surface area contributed by atoms with Crippen LogP contribution in [-0.2, 0) is 6.42 Å². The summed E-state index contributed by atoms with van der Waals surface area (Å²) >= 11 is 0. The molecule has 0 bridgehead atoms. The summed E-state index contributed by atoms with van der Waals surface area (Å²) in [5, 5.41) is 3.88. The van der Waals surface area contributed by atoms with Crippen LogP contribution >= 0.6 is 0 Å². The molecule has 1 heterocycles. The third-order valence-corrected chi connectivity index (χ3v) is 2.53. The molecule has 0 aliphatic heterocycles. The molecule has 0 saturated carbocycles. The first-order valence-corrected chi connectivity index (χ1v) is 5.40. The maximum atomic E-state index is 12.1. The number of amides is 1. The van der Waals surface area contributed by atoms with E-state index in [1.165, 1.54) is 0 Å². The first kappa shape index (κ1) is 11.8. The molecule has 0 unspecified atom stereocenters. The first-order valence-electron chi connectivity index (χ1n) is 5.40. The molecule has 15 heavy (non-hydrogen) atoms. The molecule has 1 aromatic heterocycles. The topological polar surface area (TPSA) is 46.3 Å². The van der Waals surface area contributed by atoms with Gasteiger partial charge in [-0.05, 0) is 27.2 Å². The Morgan fingerprint density at radius 1 is 1.33 bits per heavy atom. The van der Waals surface area contributed by atoms with E-state index >= 15 is 0 Å². The number of rotatable bonds is 4. The van der Waals surface area contributed by atoms with Gasteiger partial charge >= 0.3 is 0 Å². The van der Waals surface area contributed by atoms with Crippen molar-refractivity contribution in [2.24, 2.45) is 0 Å². The first-order chi connectivity index (χ1) is 7.15. The lowest BCUT2D eigenvalue weighted by Crippen LogP contribution is -2.31. The van der Waals surface area contributed by atoms with Gasteiger partial charge in [-0.2, -0.15) is 0 Å². The molecule has 84 valence electrons. The molecule has 0 aliphatic carbocycles. The van der Waals surface area contributed by atoms with Gasteiger partial charge in [-0.1, -0.05) is 12.1 Å². The molecule has 4 heteroatoms. The molecule has 0 radical (unpaired) electrons. The van der Waals surface area contributed by atoms with Gasteiger partial charge in [0.2, 0.25) is 0 Å². The minimum Gasteiger partial charge on any atom is -0.361 e. The summed E-state index contributed by atoms with van der Waals surface area (Å²) < 4.78 is 5.05. The molecule has 0 aromatic carbocycles. The second-order valence-corrected chi connectivity index (χ2v) is 3.39. The van der Waals surface area contributed by atoms with Crippen molar-refractivity contribution in [3.63, 3.8) is 0 Å². The van der Waals surface area contributed by atoms with E-state index in [1.54, 1.807) is 11.8 Å². The second kappa shape index (κ2) is 4.96. The van der Waals surface area contributed by atoms with Crippen LogP contribution < -0.4 is 0 Å². The lowest BCUT2D eigenvalue weighted by atomic mass is 10.1. The molecule has 0 aliphatic rings. The smallest absolute Gasteiger partial charge is 0.259 e. The number of hydrogen-bond donors (Lipinski definition) is 0. The zero-order valence-corrected chi connectivity index (χ0v) is 9.83. The second-order valence-electron chi connectivity index (χ2n) is 3.39. The molecule has 0 spiro atoms. The van der Waals surface area contributed by atoms with Gasteiger partial charge in [0.25, 0.3) is 5.91 Å². The van der Waals surface area contributed by atoms with Crippen LogP contribution in [0, 0.1) is 6.92 Å². The summed E-state index contributed by atoms with van der Waals surface area (Å²) in [5.74, 6) is 0.638. The minimum atomic E-state index is 0.0237. The monoisotopic (exact) mass is 210 g/mol. The van der Waals surface area contributed by atoms with Crippen LogP contribution in [0.5, 0.6) is 0 Å². The minimum absolute atomic E-state index is 0.0237. The quantitative estimate of drug-likeness (QED) is 0.763. The summed E-state index contributed by atoms with van der Waals surface area (Å²) in [5.41, 5.74) is 1.39. The Kier molecular flexibility index (Phi) is 3.88. The van der Waals surface area contributed by atoms with Gasteiger partial charge in [0, 0.05) is 13.1 Å². The summed E-state index contributed by atoms with van der Waals surface area (Å²) in [7, 11) is 0. The van der Waals surface area contributed by atoms with Crippen LogP contribution in [0.2, 0.25) is 0 Å². The molecule has 0 saturated heterocycles. The zero-order chi connectivity index (χ0) is 11.4. The van der Waals surface area contributed by atoms with Crippen LogP contribution in [0.3, 0.4) is 0 Å². The highest BCUT2D eigenvalue weighted by molar-refractivity contribution is 5.96. The maximum absolute atomic E-state index is 12.1. The van der Waals surface area contributed by atoms with E-state index in [4.69, 9.17) is 4.52 Å². The average Bonchev–Trinajstić information content (AvgIpc) is 2.61. The Morgan fingerprint density at radius 3 is 2.40 bits per heavy atom. The van der Waals surface area contributed by atoms with E-state index in [1.807, 2.05) is 20.8 Å². The van der Waals surface area contributed by atoms with E-state index in [0.717, 1.165) is 12.1 Å². The van der Waals surface area contributed by atoms with Crippen molar-refractivity contribution in [3.8, 4) is 0 Å². The van der Waals surface area contributed by atoms with Crippen LogP contribution in [0.4, 0.5) is 0 Å². The fraction of sp³-hybridized carbons (Fsp3) is 0.636. The van der Waals surface area contributed by atoms with Crippen molar-refractivity contribution >= 4 is 5.91 Å². The van der Waals surface area contributed by atoms with E-state index in [0.29, 0.717) is 24.4 Å². The van der Waals surface area contributed by atoms with Crippen molar-refractivity contribution in [2.75, 3.05) is 13.1 Å². The van der Waals surface area contributed by atoms with E-state index in [9.17, 15) is 4.79 Å². The predicted octanol–water partition coefficient (Wildman–Crippen LogP) is 2.03. The number of aryl methyl sites for hydroxylation is 2. The van der Waals surface area contributed by atoms with Gasteiger partial charge in [-0.3, -0.25) is 4.79 Å². The lowest BCUT2D eigenvalue weighted by molar-refractivity contribution is 0.0770. The molecular weight excluding hydrogens is 192 g/mol. The molecule has 1 aromatic rings. The van der Waals surface area contributed by atoms with Crippen molar-refractivity contribution in [1.82, 2.24) is 10.1 Å². The number of aromatic nitrogens is 1. The van der Waals surface area contributed by atoms with Gasteiger partial charge in [0.05, 0.1) is 5.69 Å². The number of hydrogen-bond acceptors (Lipinski definition) is 3.